The zero-order valence-corrected chi connectivity index (χ0v) is 13.6. The summed E-state index contributed by atoms with van der Waals surface area (Å²) in [5.41, 5.74) is 6.49. The number of ether oxygens (including phenoxy) is 1. The molecule has 0 aromatic carbocycles. The van der Waals surface area contributed by atoms with Crippen molar-refractivity contribution in [2.24, 2.45) is 0 Å². The molecular weight excluding hydrogens is 340 g/mol. The number of nitrogen functional groups attached to an aromatic ring is 1. The quantitative estimate of drug-likeness (QED) is 0.465. The third-order valence-corrected chi connectivity index (χ3v) is 3.82. The highest BCUT2D eigenvalue weighted by atomic mass is 16.5. The molecule has 0 fully saturated rings. The second kappa shape index (κ2) is 5.88. The van der Waals surface area contributed by atoms with Gasteiger partial charge in [-0.25, -0.2) is 9.48 Å². The van der Waals surface area contributed by atoms with Gasteiger partial charge in [0, 0.05) is 24.7 Å². The number of aromatic nitrogens is 7. The Morgan fingerprint density at radius 3 is 2.92 bits per heavy atom. The van der Waals surface area contributed by atoms with Crippen molar-refractivity contribution in [1.29, 1.82) is 0 Å². The van der Waals surface area contributed by atoms with Crippen LogP contribution in [0.4, 0.5) is 5.82 Å². The van der Waals surface area contributed by atoms with Crippen molar-refractivity contribution in [2.45, 2.75) is 6.54 Å². The smallest absolute Gasteiger partial charge is 0.328 e. The van der Waals surface area contributed by atoms with Crippen LogP contribution in [0.2, 0.25) is 0 Å². The van der Waals surface area contributed by atoms with E-state index < -0.39 is 5.69 Å². The van der Waals surface area contributed by atoms with Gasteiger partial charge in [-0.15, -0.1) is 0 Å². The molecular formula is C15H14N8O3. The Bertz CT molecular complexity index is 1150. The number of hydrogen-bond acceptors (Lipinski definition) is 8. The molecule has 0 spiro atoms. The van der Waals surface area contributed by atoms with Crippen LogP contribution >= 0.6 is 0 Å². The first-order valence-electron chi connectivity index (χ1n) is 7.55. The van der Waals surface area contributed by atoms with E-state index in [0.717, 1.165) is 0 Å². The number of nitrogens with one attached hydrogen (secondary N) is 1. The second-order valence-corrected chi connectivity index (χ2v) is 5.38. The largest absolute Gasteiger partial charge is 0.504 e. The molecule has 4 rings (SSSR count). The Kier molecular flexibility index (Phi) is 3.53. The number of nitrogens with two attached hydrogens (primary N) is 1. The third-order valence-electron chi connectivity index (χ3n) is 3.82. The lowest BCUT2D eigenvalue weighted by atomic mass is 10.3. The minimum atomic E-state index is -0.439. The molecule has 0 saturated heterocycles. The fourth-order valence-corrected chi connectivity index (χ4v) is 2.64. The van der Waals surface area contributed by atoms with E-state index >= 15 is 0 Å². The van der Waals surface area contributed by atoms with Crippen molar-refractivity contribution in [2.75, 3.05) is 12.8 Å². The van der Waals surface area contributed by atoms with Crippen LogP contribution < -0.4 is 16.2 Å². The third kappa shape index (κ3) is 2.42. The summed E-state index contributed by atoms with van der Waals surface area (Å²) in [6.45, 7) is 0.0193. The van der Waals surface area contributed by atoms with E-state index in [2.05, 4.69) is 25.0 Å². The van der Waals surface area contributed by atoms with Crippen LogP contribution in [0.5, 0.6) is 11.5 Å². The van der Waals surface area contributed by atoms with Crippen LogP contribution in [0.3, 0.4) is 0 Å². The van der Waals surface area contributed by atoms with Crippen molar-refractivity contribution in [3.63, 3.8) is 0 Å². The standard InChI is InChI=1S/C15H14N8O3/c1-26-11-8(17-5-3-9(11)24)7-22-13-10(19-15(22)25)12(16)20-14(21-13)23-6-2-4-18-23/h2-6H,7H2,1H3,(H,17,24)(H,19,25)(H2,16,20,21). The summed E-state index contributed by atoms with van der Waals surface area (Å²) in [7, 11) is 1.41. The molecule has 0 unspecified atom stereocenters. The van der Waals surface area contributed by atoms with Crippen molar-refractivity contribution in [3.05, 3.63) is 46.9 Å². The van der Waals surface area contributed by atoms with Crippen LogP contribution in [-0.4, -0.2) is 46.5 Å². The topological polar surface area (TPSA) is 150 Å². The van der Waals surface area contributed by atoms with Gasteiger partial charge in [-0.05, 0) is 6.07 Å². The molecule has 0 radical (unpaired) electrons. The highest BCUT2D eigenvalue weighted by molar-refractivity contribution is 5.82. The van der Waals surface area contributed by atoms with Crippen molar-refractivity contribution in [1.82, 2.24) is 34.3 Å². The van der Waals surface area contributed by atoms with Gasteiger partial charge in [0.05, 0.1) is 13.7 Å². The minimum absolute atomic E-state index is 0.0193. The van der Waals surface area contributed by atoms with Gasteiger partial charge in [-0.2, -0.15) is 15.1 Å². The van der Waals surface area contributed by atoms with Gasteiger partial charge in [0.25, 0.3) is 5.95 Å². The summed E-state index contributed by atoms with van der Waals surface area (Å²) in [4.78, 5) is 27.8. The Balaban J connectivity index is 1.89. The number of imidazole rings is 1. The van der Waals surface area contributed by atoms with E-state index in [4.69, 9.17) is 10.5 Å². The molecule has 132 valence electrons. The first-order chi connectivity index (χ1) is 12.6. The normalized spacial score (nSPS) is 11.1. The minimum Gasteiger partial charge on any atom is -0.504 e. The average molecular weight is 354 g/mol. The number of aromatic amines is 1. The SMILES string of the molecule is COc1c(O)ccnc1Cn1c(=O)[nH]c2c(N)nc(-n3cccn3)nc21. The second-order valence-electron chi connectivity index (χ2n) is 5.38. The summed E-state index contributed by atoms with van der Waals surface area (Å²) < 4.78 is 7.95. The van der Waals surface area contributed by atoms with Gasteiger partial charge in [0.2, 0.25) is 0 Å². The highest BCUT2D eigenvalue weighted by Gasteiger charge is 2.18. The molecule has 4 aromatic heterocycles. The maximum Gasteiger partial charge on any atom is 0.328 e. The number of hydrogen-bond donors (Lipinski definition) is 3. The molecule has 0 amide bonds. The average Bonchev–Trinajstić information content (AvgIpc) is 3.25. The van der Waals surface area contributed by atoms with E-state index in [-0.39, 0.29) is 29.8 Å². The number of H-pyrrole nitrogens is 1. The Hall–Kier alpha value is -3.89. The van der Waals surface area contributed by atoms with Gasteiger partial charge in [0.1, 0.15) is 11.2 Å². The first-order valence-corrected chi connectivity index (χ1v) is 7.55. The van der Waals surface area contributed by atoms with Gasteiger partial charge in [0.15, 0.2) is 23.0 Å². The van der Waals surface area contributed by atoms with Gasteiger partial charge in [-0.3, -0.25) is 9.55 Å². The molecule has 0 aliphatic carbocycles. The lowest BCUT2D eigenvalue weighted by Gasteiger charge is -2.10. The lowest BCUT2D eigenvalue weighted by molar-refractivity contribution is 0.365. The van der Waals surface area contributed by atoms with Crippen LogP contribution in [0, 0.1) is 0 Å². The predicted molar refractivity (Wildman–Crippen MR) is 91.2 cm³/mol. The molecule has 0 aliphatic heterocycles. The Morgan fingerprint density at radius 1 is 1.35 bits per heavy atom. The van der Waals surface area contributed by atoms with Crippen molar-refractivity contribution < 1.29 is 9.84 Å². The van der Waals surface area contributed by atoms with Crippen LogP contribution in [-0.2, 0) is 6.54 Å². The number of rotatable bonds is 4. The number of aromatic hydroxyl groups is 1. The summed E-state index contributed by atoms with van der Waals surface area (Å²) >= 11 is 0. The van der Waals surface area contributed by atoms with Gasteiger partial charge in [-0.1, -0.05) is 0 Å². The molecule has 26 heavy (non-hydrogen) atoms. The van der Waals surface area contributed by atoms with Crippen LogP contribution in [0.1, 0.15) is 5.69 Å². The molecule has 4 heterocycles. The molecule has 11 heteroatoms. The summed E-state index contributed by atoms with van der Waals surface area (Å²) in [6, 6.07) is 3.12. The molecule has 4 N–H and O–H groups in total. The zero-order chi connectivity index (χ0) is 18.3. The van der Waals surface area contributed by atoms with Gasteiger partial charge < -0.3 is 20.6 Å². The molecule has 4 aromatic rings. The predicted octanol–water partition coefficient (Wildman–Crippen LogP) is 0.0450. The zero-order valence-electron chi connectivity index (χ0n) is 13.6. The highest BCUT2D eigenvalue weighted by Crippen LogP contribution is 2.28. The van der Waals surface area contributed by atoms with Gasteiger partial charge >= 0.3 is 5.69 Å². The fraction of sp³-hybridized carbons (Fsp3) is 0.133. The Morgan fingerprint density at radius 2 is 2.19 bits per heavy atom. The molecule has 0 atom stereocenters. The number of fused-ring (bicyclic) bond motifs is 1. The number of nitrogens with zero attached hydrogens (tertiary/aromatic N) is 6. The molecule has 0 aliphatic rings. The summed E-state index contributed by atoms with van der Waals surface area (Å²) in [5, 5.41) is 14.0. The molecule has 0 bridgehead atoms. The molecule has 11 nitrogen and oxygen atoms in total. The summed E-state index contributed by atoms with van der Waals surface area (Å²) in [5.74, 6) is 0.454. The van der Waals surface area contributed by atoms with E-state index in [1.165, 1.54) is 28.6 Å². The van der Waals surface area contributed by atoms with Crippen LogP contribution in [0.25, 0.3) is 17.1 Å². The maximum atomic E-state index is 12.4. The van der Waals surface area contributed by atoms with Crippen molar-refractivity contribution >= 4 is 17.0 Å². The number of methoxy groups -OCH3 is 1. The summed E-state index contributed by atoms with van der Waals surface area (Å²) in [6.07, 6.45) is 4.66. The van der Waals surface area contributed by atoms with Crippen molar-refractivity contribution in [3.8, 4) is 17.4 Å². The Labute approximate surface area is 145 Å². The number of pyridine rings is 1. The molecule has 0 saturated carbocycles. The lowest BCUT2D eigenvalue weighted by Crippen LogP contribution is -2.19. The van der Waals surface area contributed by atoms with E-state index in [0.29, 0.717) is 16.9 Å². The number of anilines is 1. The first kappa shape index (κ1) is 15.6. The monoisotopic (exact) mass is 354 g/mol. The van der Waals surface area contributed by atoms with E-state index in [1.807, 2.05) is 0 Å². The fourth-order valence-electron chi connectivity index (χ4n) is 2.64. The van der Waals surface area contributed by atoms with E-state index in [9.17, 15) is 9.90 Å². The maximum absolute atomic E-state index is 12.4. The van der Waals surface area contributed by atoms with Crippen LogP contribution in [0.15, 0.2) is 35.5 Å². The van der Waals surface area contributed by atoms with E-state index in [1.54, 1.807) is 18.5 Å².